The van der Waals surface area contributed by atoms with E-state index in [-0.39, 0.29) is 12.1 Å². The molecule has 0 saturated carbocycles. The number of benzene rings is 3. The van der Waals surface area contributed by atoms with Gasteiger partial charge in [0.25, 0.3) is 0 Å². The lowest BCUT2D eigenvalue weighted by atomic mass is 10.0. The standard InChI is InChI=1S/C27H32ClN5O/c1-31(2)24-14-8-21(9-15-24)26(20-29-27(34)30-23-12-10-22(28)11-13-23)33-18-16-32(17-19-33)25-6-4-3-5-7-25/h3-15,26H,16-20H2,1-2H3,(H2,29,30,34). The summed E-state index contributed by atoms with van der Waals surface area (Å²) < 4.78 is 0. The maximum Gasteiger partial charge on any atom is 0.319 e. The van der Waals surface area contributed by atoms with Crippen LogP contribution in [0.2, 0.25) is 5.02 Å². The van der Waals surface area contributed by atoms with E-state index in [0.29, 0.717) is 17.3 Å². The van der Waals surface area contributed by atoms with Crippen molar-refractivity contribution >= 4 is 34.7 Å². The van der Waals surface area contributed by atoms with E-state index in [4.69, 9.17) is 11.6 Å². The van der Waals surface area contributed by atoms with Crippen molar-refractivity contribution in [1.82, 2.24) is 10.2 Å². The van der Waals surface area contributed by atoms with Crippen LogP contribution in [0.15, 0.2) is 78.9 Å². The van der Waals surface area contributed by atoms with Crippen LogP contribution < -0.4 is 20.4 Å². The summed E-state index contributed by atoms with van der Waals surface area (Å²) in [5.41, 5.74) is 4.33. The molecule has 1 atom stereocenters. The number of carbonyl (C=O) groups excluding carboxylic acids is 1. The predicted octanol–water partition coefficient (Wildman–Crippen LogP) is 5.09. The number of anilines is 3. The molecule has 0 aliphatic carbocycles. The Morgan fingerprint density at radius 2 is 1.56 bits per heavy atom. The van der Waals surface area contributed by atoms with Gasteiger partial charge in [0.1, 0.15) is 0 Å². The average Bonchev–Trinajstić information content (AvgIpc) is 2.87. The Morgan fingerprint density at radius 1 is 0.912 bits per heavy atom. The predicted molar refractivity (Wildman–Crippen MR) is 142 cm³/mol. The van der Waals surface area contributed by atoms with E-state index >= 15 is 0 Å². The molecule has 1 saturated heterocycles. The quantitative estimate of drug-likeness (QED) is 0.497. The summed E-state index contributed by atoms with van der Waals surface area (Å²) in [5, 5.41) is 6.60. The maximum atomic E-state index is 12.6. The second-order valence-electron chi connectivity index (χ2n) is 8.70. The number of amides is 2. The van der Waals surface area contributed by atoms with Gasteiger partial charge in [0.15, 0.2) is 0 Å². The van der Waals surface area contributed by atoms with Crippen LogP contribution in [0.5, 0.6) is 0 Å². The van der Waals surface area contributed by atoms with Gasteiger partial charge in [-0.2, -0.15) is 0 Å². The molecule has 6 nitrogen and oxygen atoms in total. The zero-order chi connectivity index (χ0) is 23.9. The second-order valence-corrected chi connectivity index (χ2v) is 9.14. The number of urea groups is 1. The zero-order valence-electron chi connectivity index (χ0n) is 19.7. The first-order chi connectivity index (χ1) is 16.5. The SMILES string of the molecule is CN(C)c1ccc(C(CNC(=O)Nc2ccc(Cl)cc2)N2CCN(c3ccccc3)CC2)cc1. The molecule has 1 aliphatic rings. The lowest BCUT2D eigenvalue weighted by Gasteiger charge is -2.40. The van der Waals surface area contributed by atoms with Gasteiger partial charge in [-0.3, -0.25) is 4.90 Å². The number of halogens is 1. The van der Waals surface area contributed by atoms with Crippen LogP contribution >= 0.6 is 11.6 Å². The maximum absolute atomic E-state index is 12.6. The monoisotopic (exact) mass is 477 g/mol. The Bertz CT molecular complexity index is 1050. The zero-order valence-corrected chi connectivity index (χ0v) is 20.5. The number of nitrogens with zero attached hydrogens (tertiary/aromatic N) is 3. The molecule has 0 spiro atoms. The van der Waals surface area contributed by atoms with Crippen LogP contribution in [0.1, 0.15) is 11.6 Å². The van der Waals surface area contributed by atoms with Gasteiger partial charge in [0.05, 0.1) is 6.04 Å². The van der Waals surface area contributed by atoms with Crippen molar-refractivity contribution in [2.24, 2.45) is 0 Å². The summed E-state index contributed by atoms with van der Waals surface area (Å²) in [4.78, 5) is 19.6. The van der Waals surface area contributed by atoms with Gasteiger partial charge >= 0.3 is 6.03 Å². The number of carbonyl (C=O) groups is 1. The lowest BCUT2D eigenvalue weighted by Crippen LogP contribution is -2.50. The van der Waals surface area contributed by atoms with Gasteiger partial charge in [0.2, 0.25) is 0 Å². The van der Waals surface area contributed by atoms with E-state index in [0.717, 1.165) is 31.9 Å². The van der Waals surface area contributed by atoms with E-state index in [1.165, 1.54) is 11.3 Å². The minimum Gasteiger partial charge on any atom is -0.378 e. The fourth-order valence-electron chi connectivity index (χ4n) is 4.28. The highest BCUT2D eigenvalue weighted by molar-refractivity contribution is 6.30. The Labute approximate surface area is 207 Å². The topological polar surface area (TPSA) is 50.9 Å². The van der Waals surface area contributed by atoms with Crippen molar-refractivity contribution in [3.05, 3.63) is 89.4 Å². The van der Waals surface area contributed by atoms with Crippen LogP contribution in [0, 0.1) is 0 Å². The molecule has 1 heterocycles. The molecule has 1 aliphatic heterocycles. The number of para-hydroxylation sites is 1. The van der Waals surface area contributed by atoms with Crippen LogP contribution in [0.3, 0.4) is 0 Å². The van der Waals surface area contributed by atoms with E-state index in [2.05, 4.69) is 73.9 Å². The Kier molecular flexibility index (Phi) is 7.93. The Balaban J connectivity index is 1.43. The highest BCUT2D eigenvalue weighted by atomic mass is 35.5. The van der Waals surface area contributed by atoms with Crippen LogP contribution in [-0.2, 0) is 0 Å². The van der Waals surface area contributed by atoms with Crippen LogP contribution in [-0.4, -0.2) is 57.8 Å². The van der Waals surface area contributed by atoms with Crippen molar-refractivity contribution in [1.29, 1.82) is 0 Å². The molecule has 4 rings (SSSR count). The molecular formula is C27H32ClN5O. The highest BCUT2D eigenvalue weighted by Crippen LogP contribution is 2.26. The van der Waals surface area contributed by atoms with Gasteiger partial charge in [-0.1, -0.05) is 41.9 Å². The molecule has 3 aromatic carbocycles. The lowest BCUT2D eigenvalue weighted by molar-refractivity contribution is 0.182. The molecule has 2 N–H and O–H groups in total. The Hall–Kier alpha value is -3.22. The normalized spacial score (nSPS) is 15.0. The third kappa shape index (κ3) is 6.22. The van der Waals surface area contributed by atoms with E-state index in [1.807, 2.05) is 20.2 Å². The van der Waals surface area contributed by atoms with Crippen molar-refractivity contribution in [3.63, 3.8) is 0 Å². The molecule has 1 unspecified atom stereocenters. The molecule has 0 radical (unpaired) electrons. The first kappa shape index (κ1) is 23.9. The van der Waals surface area contributed by atoms with Gasteiger partial charge in [0, 0.05) is 68.9 Å². The molecule has 0 aromatic heterocycles. The molecule has 3 aromatic rings. The van der Waals surface area contributed by atoms with Crippen molar-refractivity contribution in [2.45, 2.75) is 6.04 Å². The Morgan fingerprint density at radius 3 is 2.18 bits per heavy atom. The smallest absolute Gasteiger partial charge is 0.319 e. The molecule has 34 heavy (non-hydrogen) atoms. The second kappa shape index (κ2) is 11.3. The van der Waals surface area contributed by atoms with Crippen molar-refractivity contribution < 1.29 is 4.79 Å². The molecule has 0 bridgehead atoms. The minimum absolute atomic E-state index is 0.0881. The van der Waals surface area contributed by atoms with Gasteiger partial charge in [-0.05, 0) is 54.1 Å². The third-order valence-corrected chi connectivity index (χ3v) is 6.48. The molecule has 178 valence electrons. The first-order valence-electron chi connectivity index (χ1n) is 11.6. The van der Waals surface area contributed by atoms with Gasteiger partial charge in [-0.25, -0.2) is 4.79 Å². The fourth-order valence-corrected chi connectivity index (χ4v) is 4.41. The van der Waals surface area contributed by atoms with Gasteiger partial charge in [-0.15, -0.1) is 0 Å². The van der Waals surface area contributed by atoms with E-state index in [1.54, 1.807) is 24.3 Å². The highest BCUT2D eigenvalue weighted by Gasteiger charge is 2.26. The molecule has 1 fully saturated rings. The minimum atomic E-state index is -0.222. The summed E-state index contributed by atoms with van der Waals surface area (Å²) in [6.45, 7) is 4.28. The molecule has 2 amide bonds. The van der Waals surface area contributed by atoms with Gasteiger partial charge < -0.3 is 20.4 Å². The van der Waals surface area contributed by atoms with Crippen molar-refractivity contribution in [2.75, 3.05) is 61.9 Å². The van der Waals surface area contributed by atoms with E-state index < -0.39 is 0 Å². The van der Waals surface area contributed by atoms with Crippen LogP contribution in [0.4, 0.5) is 21.9 Å². The number of hydrogen-bond acceptors (Lipinski definition) is 4. The van der Waals surface area contributed by atoms with Crippen molar-refractivity contribution in [3.8, 4) is 0 Å². The summed E-state index contributed by atoms with van der Waals surface area (Å²) in [6.07, 6.45) is 0. The molecular weight excluding hydrogens is 446 g/mol. The fraction of sp³-hybridized carbons (Fsp3) is 0.296. The summed E-state index contributed by atoms with van der Waals surface area (Å²) in [7, 11) is 4.08. The number of nitrogens with one attached hydrogen (secondary N) is 2. The number of rotatable bonds is 7. The summed E-state index contributed by atoms with van der Waals surface area (Å²) >= 11 is 5.94. The number of piperazine rings is 1. The molecule has 7 heteroatoms. The van der Waals surface area contributed by atoms with E-state index in [9.17, 15) is 4.79 Å². The van der Waals surface area contributed by atoms with Crippen LogP contribution in [0.25, 0.3) is 0 Å². The first-order valence-corrected chi connectivity index (χ1v) is 12.0. The third-order valence-electron chi connectivity index (χ3n) is 6.23. The summed E-state index contributed by atoms with van der Waals surface area (Å²) in [6, 6.07) is 26.1. The summed E-state index contributed by atoms with van der Waals surface area (Å²) in [5.74, 6) is 0. The largest absolute Gasteiger partial charge is 0.378 e. The number of hydrogen-bond donors (Lipinski definition) is 2. The average molecular weight is 478 g/mol.